The number of hydrazone groups is 1. The predicted octanol–water partition coefficient (Wildman–Crippen LogP) is 3.61. The van der Waals surface area contributed by atoms with Gasteiger partial charge in [-0.05, 0) is 19.1 Å². The fourth-order valence-corrected chi connectivity index (χ4v) is 4.27. The molecule has 0 radical (unpaired) electrons. The first-order valence-electron chi connectivity index (χ1n) is 7.68. The van der Waals surface area contributed by atoms with Crippen LogP contribution in [-0.2, 0) is 4.79 Å². The van der Waals surface area contributed by atoms with Crippen molar-refractivity contribution in [1.82, 2.24) is 19.8 Å². The summed E-state index contributed by atoms with van der Waals surface area (Å²) in [6.07, 6.45) is 3.33. The third-order valence-electron chi connectivity index (χ3n) is 3.64. The first kappa shape index (κ1) is 17.0. The summed E-state index contributed by atoms with van der Waals surface area (Å²) in [4.78, 5) is 21.7. The van der Waals surface area contributed by atoms with Crippen LogP contribution in [0.1, 0.15) is 12.6 Å². The summed E-state index contributed by atoms with van der Waals surface area (Å²) in [5, 5.41) is 10.0. The molecule has 0 unspecified atom stereocenters. The molecule has 1 atom stereocenters. The number of thiazole rings is 2. The van der Waals surface area contributed by atoms with E-state index in [0.717, 1.165) is 15.2 Å². The van der Waals surface area contributed by atoms with Crippen LogP contribution in [0.2, 0.25) is 5.15 Å². The molecule has 4 rings (SSSR count). The predicted molar refractivity (Wildman–Crippen MR) is 107 cm³/mol. The molecule has 0 saturated carbocycles. The number of para-hydroxylation sites is 1. The molecular weight excluding hydrogens is 392 g/mol. The Morgan fingerprint density at radius 1 is 1.38 bits per heavy atom. The number of nitrogens with zero attached hydrogens (tertiary/aromatic N) is 4. The molecular formula is C16H13ClN6OS2. The molecule has 4 aromatic rings. The molecule has 1 aromatic carbocycles. The lowest BCUT2D eigenvalue weighted by Crippen LogP contribution is -2.34. The Hall–Kier alpha value is -2.49. The monoisotopic (exact) mass is 404 g/mol. The van der Waals surface area contributed by atoms with Crippen molar-refractivity contribution in [2.45, 2.75) is 13.0 Å². The van der Waals surface area contributed by atoms with E-state index in [0.29, 0.717) is 16.0 Å². The lowest BCUT2D eigenvalue weighted by Gasteiger charge is -2.10. The van der Waals surface area contributed by atoms with Crippen molar-refractivity contribution >= 4 is 66.7 Å². The summed E-state index contributed by atoms with van der Waals surface area (Å²) in [5.41, 5.74) is 4.03. The number of benzene rings is 1. The van der Waals surface area contributed by atoms with Crippen LogP contribution < -0.4 is 10.7 Å². The summed E-state index contributed by atoms with van der Waals surface area (Å²) >= 11 is 9.06. The Morgan fingerprint density at radius 3 is 3.08 bits per heavy atom. The van der Waals surface area contributed by atoms with Crippen LogP contribution in [0.5, 0.6) is 0 Å². The zero-order valence-electron chi connectivity index (χ0n) is 13.5. The number of rotatable bonds is 5. The summed E-state index contributed by atoms with van der Waals surface area (Å²) in [6, 6.07) is 7.33. The van der Waals surface area contributed by atoms with E-state index < -0.39 is 6.04 Å². The minimum Gasteiger partial charge on any atom is -0.350 e. The first-order valence-corrected chi connectivity index (χ1v) is 9.75. The van der Waals surface area contributed by atoms with Crippen LogP contribution in [-0.4, -0.2) is 32.5 Å². The van der Waals surface area contributed by atoms with Gasteiger partial charge < -0.3 is 5.32 Å². The van der Waals surface area contributed by atoms with E-state index in [1.165, 1.54) is 28.9 Å². The van der Waals surface area contributed by atoms with E-state index in [4.69, 9.17) is 11.6 Å². The summed E-state index contributed by atoms with van der Waals surface area (Å²) in [7, 11) is 0. The molecule has 0 aliphatic carbocycles. The Balaban J connectivity index is 1.41. The molecule has 0 aliphatic heterocycles. The van der Waals surface area contributed by atoms with Crippen molar-refractivity contribution in [3.05, 3.63) is 46.7 Å². The second-order valence-corrected chi connectivity index (χ2v) is 7.69. The maximum atomic E-state index is 12.2. The molecule has 0 aliphatic rings. The van der Waals surface area contributed by atoms with Crippen molar-refractivity contribution < 1.29 is 4.79 Å². The second kappa shape index (κ2) is 7.02. The molecule has 132 valence electrons. The Labute approximate surface area is 161 Å². The minimum absolute atomic E-state index is 0.275. The number of hydrogen-bond acceptors (Lipinski definition) is 7. The highest BCUT2D eigenvalue weighted by molar-refractivity contribution is 7.22. The van der Waals surface area contributed by atoms with Gasteiger partial charge in [-0.2, -0.15) is 5.10 Å². The zero-order valence-corrected chi connectivity index (χ0v) is 15.9. The Morgan fingerprint density at radius 2 is 2.23 bits per heavy atom. The average molecular weight is 405 g/mol. The standard InChI is InChI=1S/C16H13ClN6OS2/c1-9(19-15-20-10-4-2-3-5-12(10)26-15)14(24)22-18-8-11-13(17)21-16-23(11)6-7-25-16/h2-9H,1H3,(H,19,20)(H,22,24)/b18-8-/t9-/m1/s1. The Bertz CT molecular complexity index is 1080. The topological polar surface area (TPSA) is 83.7 Å². The van der Waals surface area contributed by atoms with Crippen molar-refractivity contribution in [3.8, 4) is 0 Å². The highest BCUT2D eigenvalue weighted by Crippen LogP contribution is 2.25. The largest absolute Gasteiger partial charge is 0.350 e. The number of anilines is 1. The van der Waals surface area contributed by atoms with Crippen molar-refractivity contribution in [1.29, 1.82) is 0 Å². The van der Waals surface area contributed by atoms with Gasteiger partial charge in [-0.3, -0.25) is 9.20 Å². The van der Waals surface area contributed by atoms with Crippen LogP contribution >= 0.6 is 34.3 Å². The third kappa shape index (κ3) is 3.28. The highest BCUT2D eigenvalue weighted by atomic mass is 35.5. The van der Waals surface area contributed by atoms with Gasteiger partial charge >= 0.3 is 0 Å². The van der Waals surface area contributed by atoms with Crippen LogP contribution in [0.4, 0.5) is 5.13 Å². The molecule has 3 aromatic heterocycles. The highest BCUT2D eigenvalue weighted by Gasteiger charge is 2.14. The molecule has 2 N–H and O–H groups in total. The summed E-state index contributed by atoms with van der Waals surface area (Å²) in [6.45, 7) is 1.75. The first-order chi connectivity index (χ1) is 12.6. The van der Waals surface area contributed by atoms with E-state index in [9.17, 15) is 4.79 Å². The number of carbonyl (C=O) groups is 1. The van der Waals surface area contributed by atoms with Gasteiger partial charge in [0.1, 0.15) is 11.7 Å². The number of hydrogen-bond donors (Lipinski definition) is 2. The van der Waals surface area contributed by atoms with Gasteiger partial charge in [0.15, 0.2) is 15.2 Å². The van der Waals surface area contributed by atoms with Crippen LogP contribution in [0, 0.1) is 0 Å². The maximum absolute atomic E-state index is 12.2. The summed E-state index contributed by atoms with van der Waals surface area (Å²) < 4.78 is 2.88. The second-order valence-electron chi connectivity index (χ2n) is 5.43. The van der Waals surface area contributed by atoms with E-state index in [1.54, 1.807) is 6.92 Å². The lowest BCUT2D eigenvalue weighted by atomic mass is 10.3. The van der Waals surface area contributed by atoms with Gasteiger partial charge in [-0.25, -0.2) is 15.4 Å². The van der Waals surface area contributed by atoms with Crippen molar-refractivity contribution in [2.24, 2.45) is 5.10 Å². The van der Waals surface area contributed by atoms with Crippen molar-refractivity contribution in [2.75, 3.05) is 5.32 Å². The van der Waals surface area contributed by atoms with Crippen molar-refractivity contribution in [3.63, 3.8) is 0 Å². The molecule has 10 heteroatoms. The molecule has 3 heterocycles. The number of halogens is 1. The maximum Gasteiger partial charge on any atom is 0.262 e. The van der Waals surface area contributed by atoms with Gasteiger partial charge in [0, 0.05) is 11.6 Å². The fourth-order valence-electron chi connectivity index (χ4n) is 2.33. The zero-order chi connectivity index (χ0) is 18.1. The number of amides is 1. The Kier molecular flexibility index (Phi) is 4.58. The third-order valence-corrected chi connectivity index (χ3v) is 5.65. The van der Waals surface area contributed by atoms with Gasteiger partial charge in [0.2, 0.25) is 0 Å². The molecule has 0 fully saturated rings. The van der Waals surface area contributed by atoms with Crippen LogP contribution in [0.15, 0.2) is 40.9 Å². The number of imidazole rings is 1. The molecule has 0 saturated heterocycles. The van der Waals surface area contributed by atoms with Crippen LogP contribution in [0.25, 0.3) is 15.2 Å². The van der Waals surface area contributed by atoms with E-state index in [2.05, 4.69) is 25.8 Å². The fraction of sp³-hybridized carbons (Fsp3) is 0.125. The molecule has 0 bridgehead atoms. The molecule has 0 spiro atoms. The lowest BCUT2D eigenvalue weighted by molar-refractivity contribution is -0.121. The molecule has 7 nitrogen and oxygen atoms in total. The van der Waals surface area contributed by atoms with E-state index in [1.807, 2.05) is 40.2 Å². The molecule has 1 amide bonds. The number of aromatic nitrogens is 3. The summed E-state index contributed by atoms with van der Waals surface area (Å²) in [5.74, 6) is -0.275. The van der Waals surface area contributed by atoms with E-state index >= 15 is 0 Å². The van der Waals surface area contributed by atoms with Crippen LogP contribution in [0.3, 0.4) is 0 Å². The normalized spacial score (nSPS) is 12.8. The van der Waals surface area contributed by atoms with E-state index in [-0.39, 0.29) is 5.91 Å². The smallest absolute Gasteiger partial charge is 0.262 e. The SMILES string of the molecule is C[C@@H](Nc1nc2ccccc2s1)C(=O)N/N=C\c1c(Cl)nc2sccn12. The molecule has 26 heavy (non-hydrogen) atoms. The van der Waals surface area contributed by atoms with Gasteiger partial charge in [0.25, 0.3) is 5.91 Å². The van der Waals surface area contributed by atoms with Gasteiger partial charge in [-0.1, -0.05) is 35.1 Å². The van der Waals surface area contributed by atoms with Gasteiger partial charge in [0.05, 0.1) is 16.4 Å². The quantitative estimate of drug-likeness (QED) is 0.393. The number of fused-ring (bicyclic) bond motifs is 2. The average Bonchev–Trinajstić information content (AvgIpc) is 3.30. The van der Waals surface area contributed by atoms with Gasteiger partial charge in [-0.15, -0.1) is 11.3 Å². The number of carbonyl (C=O) groups excluding carboxylic acids is 1. The number of nitrogens with one attached hydrogen (secondary N) is 2. The minimum atomic E-state index is -0.491.